The summed E-state index contributed by atoms with van der Waals surface area (Å²) in [7, 11) is 1.60. The molecule has 1 fully saturated rings. The number of carbonyl (C=O) groups excluding carboxylic acids is 2. The molecule has 0 spiro atoms. The largest absolute Gasteiger partial charge is 0.497 e. The van der Waals surface area contributed by atoms with Gasteiger partial charge in [0.05, 0.1) is 19.2 Å². The van der Waals surface area contributed by atoms with Crippen LogP contribution in [0.1, 0.15) is 30.0 Å². The van der Waals surface area contributed by atoms with Crippen LogP contribution in [0.2, 0.25) is 0 Å². The van der Waals surface area contributed by atoms with Gasteiger partial charge in [0.25, 0.3) is 5.91 Å². The van der Waals surface area contributed by atoms with Gasteiger partial charge < -0.3 is 20.3 Å². The molecule has 2 aromatic carbocycles. The van der Waals surface area contributed by atoms with Gasteiger partial charge in [0.15, 0.2) is 0 Å². The van der Waals surface area contributed by atoms with Gasteiger partial charge in [-0.25, -0.2) is 9.97 Å². The van der Waals surface area contributed by atoms with E-state index in [2.05, 4.69) is 15.5 Å². The number of para-hydroxylation sites is 1. The van der Waals surface area contributed by atoms with E-state index in [-0.39, 0.29) is 23.8 Å². The molecule has 5 rings (SSSR count). The van der Waals surface area contributed by atoms with E-state index in [4.69, 9.17) is 14.7 Å². The van der Waals surface area contributed by atoms with E-state index in [0.717, 1.165) is 10.9 Å². The molecule has 0 radical (unpaired) electrons. The first-order valence-corrected chi connectivity index (χ1v) is 12.4. The van der Waals surface area contributed by atoms with Crippen molar-refractivity contribution in [3.05, 3.63) is 59.9 Å². The number of fused-ring (bicyclic) bond motifs is 5. The Bertz CT molecular complexity index is 1260. The van der Waals surface area contributed by atoms with Crippen LogP contribution in [-0.2, 0) is 11.3 Å². The fourth-order valence-corrected chi connectivity index (χ4v) is 4.89. The number of ether oxygens (including phenoxy) is 1. The smallest absolute Gasteiger partial charge is 0.253 e. The van der Waals surface area contributed by atoms with E-state index in [1.165, 1.54) is 0 Å². The zero-order valence-electron chi connectivity index (χ0n) is 20.9. The van der Waals surface area contributed by atoms with Crippen molar-refractivity contribution in [1.29, 1.82) is 0 Å². The average molecular weight is 489 g/mol. The van der Waals surface area contributed by atoms with Gasteiger partial charge in [0, 0.05) is 43.2 Å². The lowest BCUT2D eigenvalue weighted by Gasteiger charge is -2.41. The number of anilines is 1. The van der Waals surface area contributed by atoms with Crippen LogP contribution < -0.4 is 15.4 Å². The first-order valence-electron chi connectivity index (χ1n) is 12.4. The molecular formula is C27H32N6O3. The van der Waals surface area contributed by atoms with Crippen molar-refractivity contribution in [2.75, 3.05) is 38.6 Å². The lowest BCUT2D eigenvalue weighted by molar-refractivity contribution is -0.123. The van der Waals surface area contributed by atoms with Crippen molar-refractivity contribution in [2.24, 2.45) is 5.92 Å². The van der Waals surface area contributed by atoms with Gasteiger partial charge in [0.2, 0.25) is 5.91 Å². The van der Waals surface area contributed by atoms with E-state index >= 15 is 0 Å². The van der Waals surface area contributed by atoms with E-state index in [0.29, 0.717) is 55.7 Å². The summed E-state index contributed by atoms with van der Waals surface area (Å²) in [4.78, 5) is 40.3. The van der Waals surface area contributed by atoms with Gasteiger partial charge in [-0.3, -0.25) is 14.5 Å². The molecule has 1 aromatic heterocycles. The van der Waals surface area contributed by atoms with Crippen molar-refractivity contribution in [3.8, 4) is 5.75 Å². The van der Waals surface area contributed by atoms with Gasteiger partial charge in [-0.1, -0.05) is 26.0 Å². The molecule has 1 saturated heterocycles. The zero-order chi connectivity index (χ0) is 25.2. The molecule has 0 saturated carbocycles. The van der Waals surface area contributed by atoms with E-state index in [9.17, 15) is 9.59 Å². The third-order valence-corrected chi connectivity index (χ3v) is 6.98. The summed E-state index contributed by atoms with van der Waals surface area (Å²) in [5, 5.41) is 7.42. The molecule has 2 atom stereocenters. The van der Waals surface area contributed by atoms with Gasteiger partial charge in [0.1, 0.15) is 23.4 Å². The predicted octanol–water partition coefficient (Wildman–Crippen LogP) is 2.53. The second-order valence-electron chi connectivity index (χ2n) is 9.72. The molecule has 3 aromatic rings. The quantitative estimate of drug-likeness (QED) is 0.584. The normalized spacial score (nSPS) is 20.8. The summed E-state index contributed by atoms with van der Waals surface area (Å²) in [5.41, 5.74) is 1.47. The minimum Gasteiger partial charge on any atom is -0.497 e. The number of hydrogen-bond acceptors (Lipinski definition) is 7. The SMILES string of the molecule is COc1ccc(C(=O)N2CCN3Cc4nc(c5ccccc5n4)N[C@@H](C(C)C)C(=O)NCC3C2)cc1. The maximum Gasteiger partial charge on any atom is 0.253 e. The van der Waals surface area contributed by atoms with Crippen LogP contribution in [0.25, 0.3) is 10.9 Å². The molecule has 9 nitrogen and oxygen atoms in total. The highest BCUT2D eigenvalue weighted by Crippen LogP contribution is 2.25. The number of hydrogen-bond donors (Lipinski definition) is 2. The summed E-state index contributed by atoms with van der Waals surface area (Å²) < 4.78 is 5.21. The Hall–Kier alpha value is -3.72. The van der Waals surface area contributed by atoms with Gasteiger partial charge in [-0.15, -0.1) is 0 Å². The number of amides is 2. The van der Waals surface area contributed by atoms with Crippen molar-refractivity contribution in [1.82, 2.24) is 25.1 Å². The molecule has 188 valence electrons. The van der Waals surface area contributed by atoms with E-state index in [1.54, 1.807) is 31.4 Å². The molecule has 2 amide bonds. The van der Waals surface area contributed by atoms with Crippen LogP contribution in [0.4, 0.5) is 5.82 Å². The molecular weight excluding hydrogens is 456 g/mol. The molecule has 0 aliphatic carbocycles. The van der Waals surface area contributed by atoms with Crippen molar-refractivity contribution in [2.45, 2.75) is 32.5 Å². The maximum atomic E-state index is 13.3. The Morgan fingerprint density at radius 1 is 1.08 bits per heavy atom. The number of benzene rings is 2. The lowest BCUT2D eigenvalue weighted by atomic mass is 10.0. The Morgan fingerprint density at radius 2 is 1.86 bits per heavy atom. The van der Waals surface area contributed by atoms with Gasteiger partial charge >= 0.3 is 0 Å². The Morgan fingerprint density at radius 3 is 2.61 bits per heavy atom. The minimum absolute atomic E-state index is 0.0242. The van der Waals surface area contributed by atoms with Crippen LogP contribution >= 0.6 is 0 Å². The van der Waals surface area contributed by atoms with Gasteiger partial charge in [-0.2, -0.15) is 0 Å². The number of carbonyl (C=O) groups is 2. The summed E-state index contributed by atoms with van der Waals surface area (Å²) in [6.45, 7) is 6.76. The molecule has 36 heavy (non-hydrogen) atoms. The minimum atomic E-state index is -0.441. The van der Waals surface area contributed by atoms with Crippen LogP contribution in [0.5, 0.6) is 5.75 Å². The van der Waals surface area contributed by atoms with E-state index in [1.807, 2.05) is 43.0 Å². The number of nitrogens with zero attached hydrogens (tertiary/aromatic N) is 4. The highest BCUT2D eigenvalue weighted by Gasteiger charge is 2.33. The lowest BCUT2D eigenvalue weighted by Crippen LogP contribution is -2.58. The summed E-state index contributed by atoms with van der Waals surface area (Å²) in [6, 6.07) is 14.5. The fourth-order valence-electron chi connectivity index (χ4n) is 4.89. The maximum absolute atomic E-state index is 13.3. The van der Waals surface area contributed by atoms with Gasteiger partial charge in [-0.05, 0) is 42.3 Å². The first-order chi connectivity index (χ1) is 17.4. The number of rotatable bonds is 3. The number of nitrogens with one attached hydrogen (secondary N) is 2. The standard InChI is InChI=1S/C27H32N6O3/c1-17(2)24-26(34)28-14-19-15-33(27(35)18-8-10-20(36-3)11-9-18)13-12-32(19)16-23-29-22-7-5-4-6-21(22)25(30-23)31-24/h4-11,17,19,24H,12-16H2,1-3H3,(H,28,34)(H,29,30,31)/t19?,24-/m0/s1. The number of piperazine rings is 1. The molecule has 2 aliphatic heterocycles. The highest BCUT2D eigenvalue weighted by atomic mass is 16.5. The Kier molecular flexibility index (Phi) is 6.73. The zero-order valence-corrected chi connectivity index (χ0v) is 20.9. The monoisotopic (exact) mass is 488 g/mol. The first kappa shape index (κ1) is 24.0. The molecule has 3 heterocycles. The van der Waals surface area contributed by atoms with Crippen LogP contribution in [-0.4, -0.2) is 77.0 Å². The fraction of sp³-hybridized carbons (Fsp3) is 0.407. The third kappa shape index (κ3) is 4.83. The molecule has 2 N–H and O–H groups in total. The molecule has 9 heteroatoms. The summed E-state index contributed by atoms with van der Waals surface area (Å²) in [5.74, 6) is 2.05. The van der Waals surface area contributed by atoms with Crippen molar-refractivity contribution >= 4 is 28.5 Å². The topological polar surface area (TPSA) is 99.7 Å². The third-order valence-electron chi connectivity index (χ3n) is 6.98. The van der Waals surface area contributed by atoms with Crippen LogP contribution in [0.3, 0.4) is 0 Å². The van der Waals surface area contributed by atoms with Crippen molar-refractivity contribution < 1.29 is 14.3 Å². The predicted molar refractivity (Wildman–Crippen MR) is 138 cm³/mol. The average Bonchev–Trinajstić information content (AvgIpc) is 2.91. The second-order valence-corrected chi connectivity index (χ2v) is 9.72. The molecule has 2 bridgehead atoms. The second kappa shape index (κ2) is 10.1. The molecule has 1 unspecified atom stereocenters. The Balaban J connectivity index is 1.44. The Labute approximate surface area is 210 Å². The number of methoxy groups -OCH3 is 1. The highest BCUT2D eigenvalue weighted by molar-refractivity contribution is 5.94. The van der Waals surface area contributed by atoms with E-state index < -0.39 is 6.04 Å². The summed E-state index contributed by atoms with van der Waals surface area (Å²) >= 11 is 0. The summed E-state index contributed by atoms with van der Waals surface area (Å²) in [6.07, 6.45) is 0. The molecule has 2 aliphatic rings. The van der Waals surface area contributed by atoms with Crippen LogP contribution in [0, 0.1) is 5.92 Å². The van der Waals surface area contributed by atoms with Crippen LogP contribution in [0.15, 0.2) is 48.5 Å². The van der Waals surface area contributed by atoms with Crippen molar-refractivity contribution in [3.63, 3.8) is 0 Å². The number of aromatic nitrogens is 2.